The van der Waals surface area contributed by atoms with Gasteiger partial charge in [-0.15, -0.1) is 0 Å². The second-order valence-electron chi connectivity index (χ2n) is 5.66. The highest BCUT2D eigenvalue weighted by atomic mass is 16.2. The summed E-state index contributed by atoms with van der Waals surface area (Å²) in [5.74, 6) is 0.521. The number of aromatic nitrogens is 2. The van der Waals surface area contributed by atoms with Gasteiger partial charge in [0.1, 0.15) is 11.9 Å². The summed E-state index contributed by atoms with van der Waals surface area (Å²) in [6.45, 7) is 2.05. The second kappa shape index (κ2) is 5.05. The molecular weight excluding hydrogens is 290 g/mol. The van der Waals surface area contributed by atoms with Crippen LogP contribution < -0.4 is 10.5 Å². The molecule has 1 aliphatic heterocycles. The Balaban J connectivity index is 1.92. The van der Waals surface area contributed by atoms with Crippen molar-refractivity contribution >= 4 is 22.5 Å². The van der Waals surface area contributed by atoms with Crippen molar-refractivity contribution in [2.75, 3.05) is 4.90 Å². The number of hydrogen-bond donors (Lipinski definition) is 0. The zero-order valence-corrected chi connectivity index (χ0v) is 12.6. The van der Waals surface area contributed by atoms with Gasteiger partial charge in [-0.25, -0.2) is 4.98 Å². The quantitative estimate of drug-likeness (QED) is 0.694. The molecule has 4 rings (SSSR count). The van der Waals surface area contributed by atoms with Gasteiger partial charge in [-0.1, -0.05) is 30.3 Å². The molecule has 1 amide bonds. The minimum atomic E-state index is -0.566. The number of para-hydroxylation sites is 2. The van der Waals surface area contributed by atoms with E-state index in [1.54, 1.807) is 17.9 Å². The largest absolute Gasteiger partial charge is 0.303 e. The Morgan fingerprint density at radius 2 is 1.70 bits per heavy atom. The second-order valence-corrected chi connectivity index (χ2v) is 5.66. The average molecular weight is 305 g/mol. The Morgan fingerprint density at radius 1 is 1.00 bits per heavy atom. The van der Waals surface area contributed by atoms with Crippen LogP contribution in [0.2, 0.25) is 0 Å². The van der Waals surface area contributed by atoms with Crippen molar-refractivity contribution in [2.45, 2.75) is 19.5 Å². The third-order valence-corrected chi connectivity index (χ3v) is 4.26. The smallest absolute Gasteiger partial charge is 0.262 e. The Kier molecular flexibility index (Phi) is 3.01. The van der Waals surface area contributed by atoms with Crippen LogP contribution in [0.5, 0.6) is 0 Å². The predicted molar refractivity (Wildman–Crippen MR) is 88.3 cm³/mol. The normalized spacial score (nSPS) is 17.3. The topological polar surface area (TPSA) is 55.2 Å². The van der Waals surface area contributed by atoms with Gasteiger partial charge >= 0.3 is 0 Å². The van der Waals surface area contributed by atoms with E-state index < -0.39 is 6.04 Å². The van der Waals surface area contributed by atoms with Gasteiger partial charge in [0, 0.05) is 5.69 Å². The molecule has 5 nitrogen and oxygen atoms in total. The fourth-order valence-electron chi connectivity index (χ4n) is 3.08. The number of anilines is 1. The molecule has 2 heterocycles. The van der Waals surface area contributed by atoms with Crippen molar-refractivity contribution < 1.29 is 4.79 Å². The number of carbonyl (C=O) groups excluding carboxylic acids is 1. The molecule has 1 aliphatic rings. The van der Waals surface area contributed by atoms with Crippen LogP contribution in [0.15, 0.2) is 59.4 Å². The summed E-state index contributed by atoms with van der Waals surface area (Å²) in [5.41, 5.74) is 1.33. The molecule has 3 aromatic rings. The molecule has 0 N–H and O–H groups in total. The molecule has 0 spiro atoms. The summed E-state index contributed by atoms with van der Waals surface area (Å²) < 4.78 is 1.52. The summed E-state index contributed by atoms with van der Waals surface area (Å²) in [4.78, 5) is 31.7. The maximum atomic E-state index is 12.7. The van der Waals surface area contributed by atoms with Crippen LogP contribution in [0.3, 0.4) is 0 Å². The van der Waals surface area contributed by atoms with Crippen LogP contribution in [-0.2, 0) is 11.3 Å². The van der Waals surface area contributed by atoms with E-state index in [9.17, 15) is 9.59 Å². The van der Waals surface area contributed by atoms with Crippen molar-refractivity contribution in [2.24, 2.45) is 0 Å². The van der Waals surface area contributed by atoms with Gasteiger partial charge in [-0.05, 0) is 31.2 Å². The fraction of sp³-hybridized carbons (Fsp3) is 0.167. The summed E-state index contributed by atoms with van der Waals surface area (Å²) in [6, 6.07) is 16.1. The summed E-state index contributed by atoms with van der Waals surface area (Å²) in [6.07, 6.45) is 0. The molecule has 0 fully saturated rings. The highest BCUT2D eigenvalue weighted by Gasteiger charge is 2.32. The first kappa shape index (κ1) is 13.7. The molecule has 0 saturated carbocycles. The van der Waals surface area contributed by atoms with Crippen LogP contribution >= 0.6 is 0 Å². The highest BCUT2D eigenvalue weighted by molar-refractivity contribution is 5.97. The van der Waals surface area contributed by atoms with Crippen molar-refractivity contribution in [3.8, 4) is 0 Å². The molecule has 0 unspecified atom stereocenters. The van der Waals surface area contributed by atoms with E-state index in [-0.39, 0.29) is 11.5 Å². The van der Waals surface area contributed by atoms with Crippen molar-refractivity contribution in [1.82, 2.24) is 9.55 Å². The number of hydrogen-bond acceptors (Lipinski definition) is 3. The molecule has 1 aromatic heterocycles. The fourth-order valence-corrected chi connectivity index (χ4v) is 3.08. The number of amides is 1. The Hall–Kier alpha value is -2.95. The van der Waals surface area contributed by atoms with Crippen LogP contribution in [0.4, 0.5) is 5.69 Å². The van der Waals surface area contributed by atoms with Crippen LogP contribution in [0.1, 0.15) is 18.8 Å². The van der Waals surface area contributed by atoms with Crippen LogP contribution in [-0.4, -0.2) is 15.5 Å². The summed E-state index contributed by atoms with van der Waals surface area (Å²) in [7, 11) is 0. The molecule has 23 heavy (non-hydrogen) atoms. The maximum Gasteiger partial charge on any atom is 0.262 e. The van der Waals surface area contributed by atoms with Gasteiger partial charge in [0.25, 0.3) is 5.56 Å². The number of benzene rings is 2. The van der Waals surface area contributed by atoms with E-state index in [1.165, 1.54) is 4.57 Å². The maximum absolute atomic E-state index is 12.7. The Bertz CT molecular complexity index is 963. The minimum Gasteiger partial charge on any atom is -0.303 e. The molecule has 1 atom stereocenters. The van der Waals surface area contributed by atoms with E-state index in [1.807, 2.05) is 48.5 Å². The molecule has 5 heteroatoms. The first-order chi connectivity index (χ1) is 11.2. The van der Waals surface area contributed by atoms with Crippen molar-refractivity contribution in [3.63, 3.8) is 0 Å². The van der Waals surface area contributed by atoms with E-state index in [0.717, 1.165) is 5.69 Å². The lowest BCUT2D eigenvalue weighted by Crippen LogP contribution is -2.46. The molecule has 114 valence electrons. The lowest BCUT2D eigenvalue weighted by atomic mass is 10.1. The van der Waals surface area contributed by atoms with Crippen molar-refractivity contribution in [1.29, 1.82) is 0 Å². The Morgan fingerprint density at radius 3 is 2.48 bits per heavy atom. The molecule has 0 radical (unpaired) electrons. The van der Waals surface area contributed by atoms with Gasteiger partial charge in [0.15, 0.2) is 0 Å². The monoisotopic (exact) mass is 305 g/mol. The number of nitrogens with zero attached hydrogens (tertiary/aromatic N) is 3. The first-order valence-corrected chi connectivity index (χ1v) is 7.53. The molecule has 0 saturated heterocycles. The molecular formula is C18H15N3O2. The third kappa shape index (κ3) is 2.04. The molecule has 0 aliphatic carbocycles. The van der Waals surface area contributed by atoms with Crippen LogP contribution in [0, 0.1) is 0 Å². The third-order valence-electron chi connectivity index (χ3n) is 4.26. The van der Waals surface area contributed by atoms with Gasteiger partial charge in [0.2, 0.25) is 5.91 Å². The standard InChI is InChI=1S/C18H15N3O2/c1-12-17(22)20(13-7-3-2-4-8-13)11-16-19-15-10-6-5-9-14(15)18(23)21(12)16/h2-10,12H,11H2,1H3/t12-/m0/s1. The summed E-state index contributed by atoms with van der Waals surface area (Å²) >= 11 is 0. The number of fused-ring (bicyclic) bond motifs is 2. The predicted octanol–water partition coefficient (Wildman–Crippen LogP) is 2.50. The van der Waals surface area contributed by atoms with Crippen molar-refractivity contribution in [3.05, 3.63) is 70.8 Å². The van der Waals surface area contributed by atoms with Crippen LogP contribution in [0.25, 0.3) is 10.9 Å². The molecule has 0 bridgehead atoms. The van der Waals surface area contributed by atoms with E-state index >= 15 is 0 Å². The zero-order valence-electron chi connectivity index (χ0n) is 12.6. The van der Waals surface area contributed by atoms with Gasteiger partial charge < -0.3 is 4.90 Å². The van der Waals surface area contributed by atoms with Gasteiger partial charge in [-0.3, -0.25) is 14.2 Å². The van der Waals surface area contributed by atoms with E-state index in [0.29, 0.717) is 23.3 Å². The van der Waals surface area contributed by atoms with Gasteiger partial charge in [-0.2, -0.15) is 0 Å². The Labute approximate surface area is 132 Å². The average Bonchev–Trinajstić information content (AvgIpc) is 2.59. The summed E-state index contributed by atoms with van der Waals surface area (Å²) in [5, 5.41) is 0.545. The first-order valence-electron chi connectivity index (χ1n) is 7.53. The van der Waals surface area contributed by atoms with Gasteiger partial charge in [0.05, 0.1) is 17.4 Å². The lowest BCUT2D eigenvalue weighted by molar-refractivity contribution is -0.122. The number of rotatable bonds is 1. The SMILES string of the molecule is C[C@H]1C(=O)N(c2ccccc2)Cc2nc3ccccc3c(=O)n21. The zero-order chi connectivity index (χ0) is 16.0. The van der Waals surface area contributed by atoms with E-state index in [2.05, 4.69) is 4.98 Å². The molecule has 2 aromatic carbocycles. The van der Waals surface area contributed by atoms with E-state index in [4.69, 9.17) is 0 Å². The number of carbonyl (C=O) groups is 1. The minimum absolute atomic E-state index is 0.0946. The lowest BCUT2D eigenvalue weighted by Gasteiger charge is -2.33. The highest BCUT2D eigenvalue weighted by Crippen LogP contribution is 2.26.